The van der Waals surface area contributed by atoms with E-state index in [9.17, 15) is 9.59 Å². The number of hydrogen-bond acceptors (Lipinski definition) is 6. The van der Waals surface area contributed by atoms with E-state index in [-0.39, 0.29) is 30.5 Å². The van der Waals surface area contributed by atoms with Crippen LogP contribution in [0.5, 0.6) is 0 Å². The van der Waals surface area contributed by atoms with Crippen LogP contribution in [0.25, 0.3) is 0 Å². The molecule has 1 saturated heterocycles. The van der Waals surface area contributed by atoms with Gasteiger partial charge in [0.05, 0.1) is 32.8 Å². The minimum absolute atomic E-state index is 0.187. The Hall–Kier alpha value is -1.14. The average Bonchev–Trinajstić information content (AvgIpc) is 2.45. The van der Waals surface area contributed by atoms with Gasteiger partial charge in [-0.3, -0.25) is 14.5 Å². The molecule has 0 amide bonds. The molecule has 0 bridgehead atoms. The molecule has 20 heavy (non-hydrogen) atoms. The molecule has 6 nitrogen and oxygen atoms in total. The third kappa shape index (κ3) is 5.09. The Balaban J connectivity index is 2.61. The second-order valence-electron chi connectivity index (χ2n) is 4.82. The molecule has 0 N–H and O–H groups in total. The second kappa shape index (κ2) is 8.92. The fourth-order valence-electron chi connectivity index (χ4n) is 2.38. The predicted molar refractivity (Wildman–Crippen MR) is 73.3 cm³/mol. The molecule has 0 aromatic carbocycles. The first-order chi connectivity index (χ1) is 9.62. The standard InChI is InChI=1S/C14H25NO5/c1-4-6-12(14(17)19-5-2)15-7-8-20-11(10-15)9-13(16)18-3/h11-12H,4-10H2,1-3H3. The molecule has 1 heterocycles. The van der Waals surface area contributed by atoms with Crippen LogP contribution in [-0.2, 0) is 23.8 Å². The highest BCUT2D eigenvalue weighted by atomic mass is 16.5. The van der Waals surface area contributed by atoms with E-state index in [2.05, 4.69) is 9.64 Å². The quantitative estimate of drug-likeness (QED) is 0.650. The van der Waals surface area contributed by atoms with Gasteiger partial charge in [0, 0.05) is 13.1 Å². The average molecular weight is 287 g/mol. The number of methoxy groups -OCH3 is 1. The van der Waals surface area contributed by atoms with Crippen LogP contribution in [0.3, 0.4) is 0 Å². The van der Waals surface area contributed by atoms with Gasteiger partial charge in [0.1, 0.15) is 6.04 Å². The van der Waals surface area contributed by atoms with Crippen molar-refractivity contribution in [3.63, 3.8) is 0 Å². The number of nitrogens with zero attached hydrogens (tertiary/aromatic N) is 1. The molecule has 6 heteroatoms. The van der Waals surface area contributed by atoms with Gasteiger partial charge < -0.3 is 14.2 Å². The van der Waals surface area contributed by atoms with Crippen LogP contribution in [0, 0.1) is 0 Å². The molecule has 116 valence electrons. The molecule has 0 saturated carbocycles. The van der Waals surface area contributed by atoms with E-state index in [4.69, 9.17) is 9.47 Å². The number of carbonyl (C=O) groups is 2. The van der Waals surface area contributed by atoms with Gasteiger partial charge in [0.15, 0.2) is 0 Å². The molecule has 0 spiro atoms. The van der Waals surface area contributed by atoms with E-state index in [0.717, 1.165) is 12.8 Å². The molecule has 2 atom stereocenters. The van der Waals surface area contributed by atoms with Crippen molar-refractivity contribution in [3.05, 3.63) is 0 Å². The minimum atomic E-state index is -0.292. The lowest BCUT2D eigenvalue weighted by atomic mass is 10.1. The second-order valence-corrected chi connectivity index (χ2v) is 4.82. The van der Waals surface area contributed by atoms with Crippen LogP contribution in [0.1, 0.15) is 33.1 Å². The zero-order chi connectivity index (χ0) is 15.0. The van der Waals surface area contributed by atoms with E-state index in [1.165, 1.54) is 7.11 Å². The van der Waals surface area contributed by atoms with Crippen molar-refractivity contribution < 1.29 is 23.8 Å². The van der Waals surface area contributed by atoms with Crippen molar-refractivity contribution in [2.75, 3.05) is 33.4 Å². The molecular formula is C14H25NO5. The lowest BCUT2D eigenvalue weighted by Crippen LogP contribution is -2.51. The fraction of sp³-hybridized carbons (Fsp3) is 0.857. The zero-order valence-corrected chi connectivity index (χ0v) is 12.6. The predicted octanol–water partition coefficient (Wildman–Crippen LogP) is 0.982. The lowest BCUT2D eigenvalue weighted by molar-refractivity contribution is -0.154. The van der Waals surface area contributed by atoms with Crippen molar-refractivity contribution in [1.82, 2.24) is 4.90 Å². The Morgan fingerprint density at radius 1 is 1.40 bits per heavy atom. The Morgan fingerprint density at radius 2 is 2.15 bits per heavy atom. The highest BCUT2D eigenvalue weighted by molar-refractivity contribution is 5.75. The summed E-state index contributed by atoms with van der Waals surface area (Å²) in [5.41, 5.74) is 0. The van der Waals surface area contributed by atoms with Gasteiger partial charge in [-0.05, 0) is 13.3 Å². The van der Waals surface area contributed by atoms with Crippen molar-refractivity contribution >= 4 is 11.9 Å². The van der Waals surface area contributed by atoms with Crippen LogP contribution >= 0.6 is 0 Å². The first-order valence-corrected chi connectivity index (χ1v) is 7.21. The Morgan fingerprint density at radius 3 is 2.75 bits per heavy atom. The first-order valence-electron chi connectivity index (χ1n) is 7.21. The van der Waals surface area contributed by atoms with Gasteiger partial charge in [0.2, 0.25) is 0 Å². The van der Waals surface area contributed by atoms with Gasteiger partial charge in [-0.25, -0.2) is 0 Å². The van der Waals surface area contributed by atoms with Crippen molar-refractivity contribution in [2.45, 2.75) is 45.3 Å². The highest BCUT2D eigenvalue weighted by Gasteiger charge is 2.32. The van der Waals surface area contributed by atoms with Gasteiger partial charge >= 0.3 is 11.9 Å². The summed E-state index contributed by atoms with van der Waals surface area (Å²) >= 11 is 0. The van der Waals surface area contributed by atoms with Crippen molar-refractivity contribution in [1.29, 1.82) is 0 Å². The van der Waals surface area contributed by atoms with Crippen molar-refractivity contribution in [2.24, 2.45) is 0 Å². The number of ether oxygens (including phenoxy) is 3. The molecule has 1 aliphatic heterocycles. The molecule has 0 aliphatic carbocycles. The van der Waals surface area contributed by atoms with Gasteiger partial charge in [-0.2, -0.15) is 0 Å². The SMILES string of the molecule is CCCC(C(=O)OCC)N1CCOC(CC(=O)OC)C1. The third-order valence-electron chi connectivity index (χ3n) is 3.35. The summed E-state index contributed by atoms with van der Waals surface area (Å²) in [6.07, 6.45) is 1.66. The monoisotopic (exact) mass is 287 g/mol. The fourth-order valence-corrected chi connectivity index (χ4v) is 2.38. The minimum Gasteiger partial charge on any atom is -0.469 e. The molecule has 1 fully saturated rings. The smallest absolute Gasteiger partial charge is 0.323 e. The molecule has 0 aromatic heterocycles. The number of esters is 2. The number of carbonyl (C=O) groups excluding carboxylic acids is 2. The maximum Gasteiger partial charge on any atom is 0.323 e. The molecular weight excluding hydrogens is 262 g/mol. The van der Waals surface area contributed by atoms with E-state index in [0.29, 0.717) is 26.3 Å². The number of hydrogen-bond donors (Lipinski definition) is 0. The summed E-state index contributed by atoms with van der Waals surface area (Å²) in [5, 5.41) is 0. The zero-order valence-electron chi connectivity index (χ0n) is 12.6. The topological polar surface area (TPSA) is 65.1 Å². The maximum atomic E-state index is 12.0. The van der Waals surface area contributed by atoms with Crippen LogP contribution in [-0.4, -0.2) is 62.4 Å². The van der Waals surface area contributed by atoms with E-state index in [1.54, 1.807) is 6.92 Å². The normalized spacial score (nSPS) is 21.2. The Bertz CT molecular complexity index is 321. The van der Waals surface area contributed by atoms with Crippen LogP contribution in [0.4, 0.5) is 0 Å². The maximum absolute atomic E-state index is 12.0. The highest BCUT2D eigenvalue weighted by Crippen LogP contribution is 2.16. The van der Waals surface area contributed by atoms with E-state index < -0.39 is 0 Å². The van der Waals surface area contributed by atoms with E-state index >= 15 is 0 Å². The summed E-state index contributed by atoms with van der Waals surface area (Å²) in [4.78, 5) is 25.4. The van der Waals surface area contributed by atoms with Crippen LogP contribution < -0.4 is 0 Å². The lowest BCUT2D eigenvalue weighted by Gasteiger charge is -2.36. The van der Waals surface area contributed by atoms with Gasteiger partial charge in [-0.1, -0.05) is 13.3 Å². The summed E-state index contributed by atoms with van der Waals surface area (Å²) in [5.74, 6) is -0.479. The van der Waals surface area contributed by atoms with Crippen molar-refractivity contribution in [3.8, 4) is 0 Å². The van der Waals surface area contributed by atoms with Crippen LogP contribution in [0.15, 0.2) is 0 Å². The summed E-state index contributed by atoms with van der Waals surface area (Å²) in [6, 6.07) is -0.246. The third-order valence-corrected chi connectivity index (χ3v) is 3.35. The first kappa shape index (κ1) is 16.9. The summed E-state index contributed by atoms with van der Waals surface area (Å²) < 4.78 is 15.3. The van der Waals surface area contributed by atoms with Crippen LogP contribution in [0.2, 0.25) is 0 Å². The van der Waals surface area contributed by atoms with Gasteiger partial charge in [0.25, 0.3) is 0 Å². The van der Waals surface area contributed by atoms with E-state index in [1.807, 2.05) is 6.92 Å². The number of morpholine rings is 1. The largest absolute Gasteiger partial charge is 0.469 e. The molecule has 1 aliphatic rings. The molecule has 0 aromatic rings. The molecule has 0 radical (unpaired) electrons. The van der Waals surface area contributed by atoms with Gasteiger partial charge in [-0.15, -0.1) is 0 Å². The number of rotatable bonds is 7. The molecule has 1 rings (SSSR count). The molecule has 2 unspecified atom stereocenters. The summed E-state index contributed by atoms with van der Waals surface area (Å²) in [7, 11) is 1.36. The Labute approximate surface area is 120 Å². The Kier molecular flexibility index (Phi) is 7.54. The summed E-state index contributed by atoms with van der Waals surface area (Å²) in [6.45, 7) is 5.98.